The second kappa shape index (κ2) is 4.15. The van der Waals surface area contributed by atoms with Gasteiger partial charge in [-0.3, -0.25) is 5.32 Å². The fourth-order valence-electron chi connectivity index (χ4n) is 0.747. The van der Waals surface area contributed by atoms with Gasteiger partial charge in [-0.05, 0) is 5.41 Å². The van der Waals surface area contributed by atoms with Crippen LogP contribution in [-0.2, 0) is 0 Å². The van der Waals surface area contributed by atoms with E-state index in [4.69, 9.17) is 5.26 Å². The topological polar surface area (TPSA) is 35.8 Å². The summed E-state index contributed by atoms with van der Waals surface area (Å²) in [5.41, 5.74) is -0.00222. The Kier molecular flexibility index (Phi) is 3.84. The van der Waals surface area contributed by atoms with Crippen molar-refractivity contribution in [1.29, 1.82) is 5.26 Å². The molecule has 0 aliphatic rings. The van der Waals surface area contributed by atoms with Crippen LogP contribution in [0.5, 0.6) is 0 Å². The molecule has 0 aromatic carbocycles. The molecule has 0 heterocycles. The highest BCUT2D eigenvalue weighted by Crippen LogP contribution is 2.17. The lowest BCUT2D eigenvalue weighted by Crippen LogP contribution is -2.38. The highest BCUT2D eigenvalue weighted by atomic mass is 14.9. The third kappa shape index (κ3) is 3.79. The Balaban J connectivity index is 3.99. The van der Waals surface area contributed by atoms with E-state index in [0.717, 1.165) is 0 Å². The first-order chi connectivity index (χ1) is 5.02. The van der Waals surface area contributed by atoms with Gasteiger partial charge >= 0.3 is 0 Å². The molecule has 62 valence electrons. The van der Waals surface area contributed by atoms with Crippen LogP contribution in [0.25, 0.3) is 0 Å². The van der Waals surface area contributed by atoms with E-state index in [1.54, 1.807) is 6.08 Å². The molecule has 0 bridgehead atoms. The van der Waals surface area contributed by atoms with E-state index < -0.39 is 0 Å². The smallest absolute Gasteiger partial charge is 0.100 e. The van der Waals surface area contributed by atoms with Crippen LogP contribution in [-0.4, -0.2) is 12.6 Å². The van der Waals surface area contributed by atoms with Gasteiger partial charge in [-0.1, -0.05) is 26.8 Å². The summed E-state index contributed by atoms with van der Waals surface area (Å²) in [4.78, 5) is 0. The van der Waals surface area contributed by atoms with E-state index in [-0.39, 0.29) is 11.5 Å². The average Bonchev–Trinajstić information content (AvgIpc) is 1.87. The number of nitrogens with one attached hydrogen (secondary N) is 1. The second-order valence-corrected chi connectivity index (χ2v) is 3.63. The Hall–Kier alpha value is -0.810. The van der Waals surface area contributed by atoms with Crippen LogP contribution in [0.15, 0.2) is 12.7 Å². The summed E-state index contributed by atoms with van der Waals surface area (Å²) < 4.78 is 0. The normalized spacial score (nSPS) is 13.6. The van der Waals surface area contributed by atoms with Crippen molar-refractivity contribution in [3.8, 4) is 6.07 Å². The van der Waals surface area contributed by atoms with Crippen molar-refractivity contribution in [2.24, 2.45) is 5.41 Å². The number of hydrogen-bond donors (Lipinski definition) is 1. The van der Waals surface area contributed by atoms with Crippen LogP contribution < -0.4 is 5.32 Å². The maximum absolute atomic E-state index is 8.74. The SMILES string of the molecule is C=CCNC(C#N)C(C)(C)C. The summed E-state index contributed by atoms with van der Waals surface area (Å²) in [6, 6.07) is 2.12. The minimum absolute atomic E-state index is 0.00222. The highest BCUT2D eigenvalue weighted by molar-refractivity contribution is 4.98. The third-order valence-corrected chi connectivity index (χ3v) is 1.46. The van der Waals surface area contributed by atoms with Gasteiger partial charge in [0, 0.05) is 6.54 Å². The summed E-state index contributed by atoms with van der Waals surface area (Å²) in [6.07, 6.45) is 1.76. The van der Waals surface area contributed by atoms with E-state index in [1.165, 1.54) is 0 Å². The van der Waals surface area contributed by atoms with Gasteiger partial charge in [-0.15, -0.1) is 6.58 Å². The predicted molar refractivity (Wildman–Crippen MR) is 47.1 cm³/mol. The van der Waals surface area contributed by atoms with E-state index in [9.17, 15) is 0 Å². The second-order valence-electron chi connectivity index (χ2n) is 3.63. The van der Waals surface area contributed by atoms with Crippen molar-refractivity contribution in [2.45, 2.75) is 26.8 Å². The molecule has 1 atom stereocenters. The van der Waals surface area contributed by atoms with E-state index in [2.05, 4.69) is 18.0 Å². The van der Waals surface area contributed by atoms with Crippen LogP contribution in [0, 0.1) is 16.7 Å². The molecule has 2 nitrogen and oxygen atoms in total. The lowest BCUT2D eigenvalue weighted by molar-refractivity contribution is 0.328. The zero-order chi connectivity index (χ0) is 8.91. The van der Waals surface area contributed by atoms with Crippen LogP contribution in [0.4, 0.5) is 0 Å². The number of hydrogen-bond acceptors (Lipinski definition) is 2. The molecule has 0 rings (SSSR count). The molecule has 0 spiro atoms. The Morgan fingerprint density at radius 3 is 2.45 bits per heavy atom. The van der Waals surface area contributed by atoms with Gasteiger partial charge < -0.3 is 0 Å². The molecule has 1 unspecified atom stereocenters. The summed E-state index contributed by atoms with van der Waals surface area (Å²) in [5, 5.41) is 11.8. The molecule has 0 fully saturated rings. The monoisotopic (exact) mass is 152 g/mol. The minimum atomic E-state index is -0.0968. The van der Waals surface area contributed by atoms with Crippen LogP contribution in [0.1, 0.15) is 20.8 Å². The van der Waals surface area contributed by atoms with Gasteiger partial charge in [0.05, 0.1) is 6.07 Å². The van der Waals surface area contributed by atoms with Gasteiger partial charge in [0.1, 0.15) is 6.04 Å². The number of nitriles is 1. The van der Waals surface area contributed by atoms with Crippen molar-refractivity contribution < 1.29 is 0 Å². The largest absolute Gasteiger partial charge is 0.298 e. The Morgan fingerprint density at radius 1 is 1.64 bits per heavy atom. The number of nitrogens with zero attached hydrogens (tertiary/aromatic N) is 1. The molecule has 1 N–H and O–H groups in total. The maximum Gasteiger partial charge on any atom is 0.100 e. The summed E-state index contributed by atoms with van der Waals surface area (Å²) >= 11 is 0. The summed E-state index contributed by atoms with van der Waals surface area (Å²) in [6.45, 7) is 10.4. The van der Waals surface area contributed by atoms with Gasteiger partial charge in [0.25, 0.3) is 0 Å². The molecule has 11 heavy (non-hydrogen) atoms. The van der Waals surface area contributed by atoms with Crippen molar-refractivity contribution in [1.82, 2.24) is 5.32 Å². The molecule has 0 aliphatic heterocycles. The molecule has 0 saturated carbocycles. The van der Waals surface area contributed by atoms with Gasteiger partial charge in [-0.25, -0.2) is 0 Å². The molecule has 0 aromatic rings. The zero-order valence-corrected chi connectivity index (χ0v) is 7.52. The first kappa shape index (κ1) is 10.2. The van der Waals surface area contributed by atoms with E-state index in [1.807, 2.05) is 20.8 Å². The maximum atomic E-state index is 8.74. The Morgan fingerprint density at radius 2 is 2.18 bits per heavy atom. The predicted octanol–water partition coefficient (Wildman–Crippen LogP) is 1.70. The van der Waals surface area contributed by atoms with Crippen molar-refractivity contribution in [3.63, 3.8) is 0 Å². The van der Waals surface area contributed by atoms with Gasteiger partial charge in [0.15, 0.2) is 0 Å². The lowest BCUT2D eigenvalue weighted by atomic mass is 9.88. The molecule has 0 aliphatic carbocycles. The van der Waals surface area contributed by atoms with Gasteiger partial charge in [-0.2, -0.15) is 5.26 Å². The standard InChI is InChI=1S/C9H16N2/c1-5-6-11-8(7-10)9(2,3)4/h5,8,11H,1,6H2,2-4H3. The first-order valence-corrected chi connectivity index (χ1v) is 3.76. The molecule has 2 heteroatoms. The van der Waals surface area contributed by atoms with Crippen LogP contribution in [0.2, 0.25) is 0 Å². The molecule has 0 aromatic heterocycles. The fourth-order valence-corrected chi connectivity index (χ4v) is 0.747. The minimum Gasteiger partial charge on any atom is -0.298 e. The summed E-state index contributed by atoms with van der Waals surface area (Å²) in [5.74, 6) is 0. The van der Waals surface area contributed by atoms with Crippen molar-refractivity contribution in [2.75, 3.05) is 6.54 Å². The van der Waals surface area contributed by atoms with Crippen LogP contribution >= 0.6 is 0 Å². The first-order valence-electron chi connectivity index (χ1n) is 3.76. The Bertz CT molecular complexity index is 159. The lowest BCUT2D eigenvalue weighted by Gasteiger charge is -2.24. The van der Waals surface area contributed by atoms with Crippen LogP contribution in [0.3, 0.4) is 0 Å². The molecular weight excluding hydrogens is 136 g/mol. The third-order valence-electron chi connectivity index (χ3n) is 1.46. The average molecular weight is 152 g/mol. The summed E-state index contributed by atoms with van der Waals surface area (Å²) in [7, 11) is 0. The molecule has 0 amide bonds. The Labute approximate surface area is 68.9 Å². The van der Waals surface area contributed by atoms with E-state index >= 15 is 0 Å². The fraction of sp³-hybridized carbons (Fsp3) is 0.667. The number of rotatable bonds is 3. The van der Waals surface area contributed by atoms with Crippen molar-refractivity contribution in [3.05, 3.63) is 12.7 Å². The quantitative estimate of drug-likeness (QED) is 0.625. The highest BCUT2D eigenvalue weighted by Gasteiger charge is 2.22. The van der Waals surface area contributed by atoms with E-state index in [0.29, 0.717) is 6.54 Å². The molecular formula is C9H16N2. The van der Waals surface area contributed by atoms with Crippen molar-refractivity contribution >= 4 is 0 Å². The molecule has 0 saturated heterocycles. The van der Waals surface area contributed by atoms with Gasteiger partial charge in [0.2, 0.25) is 0 Å². The zero-order valence-electron chi connectivity index (χ0n) is 7.52. The molecule has 0 radical (unpaired) electrons.